The van der Waals surface area contributed by atoms with Crippen LogP contribution in [0.25, 0.3) is 110 Å². The van der Waals surface area contributed by atoms with Gasteiger partial charge in [-0.1, -0.05) is 163 Å². The Bertz CT molecular complexity index is 4620. The number of nitrogens with zero attached hydrogens (tertiary/aromatic N) is 2. The van der Waals surface area contributed by atoms with E-state index in [1.165, 1.54) is 87.2 Å². The van der Waals surface area contributed by atoms with Gasteiger partial charge in [0.05, 0.1) is 11.0 Å². The lowest BCUT2D eigenvalue weighted by molar-refractivity contribution is 0.665. The Morgan fingerprint density at radius 1 is 0.256 bits per heavy atom. The number of hydrogen-bond donors (Lipinski definition) is 0. The number of rotatable bonds is 0. The molecule has 380 valence electrons. The van der Waals surface area contributed by atoms with Gasteiger partial charge < -0.3 is 17.7 Å². The van der Waals surface area contributed by atoms with Crippen molar-refractivity contribution in [2.24, 2.45) is 0 Å². The van der Waals surface area contributed by atoms with Gasteiger partial charge in [0, 0.05) is 66.3 Å². The highest BCUT2D eigenvalue weighted by Crippen LogP contribution is 2.33. The molecule has 6 heteroatoms. The van der Waals surface area contributed by atoms with E-state index in [2.05, 4.69) is 173 Å². The van der Waals surface area contributed by atoms with E-state index in [1.54, 1.807) is 0 Å². The predicted molar refractivity (Wildman–Crippen MR) is 327 cm³/mol. The first-order valence-corrected chi connectivity index (χ1v) is 26.3. The van der Waals surface area contributed by atoms with Gasteiger partial charge in [0.1, 0.15) is 44.7 Å². The van der Waals surface area contributed by atoms with Crippen molar-refractivity contribution in [2.45, 2.75) is 41.5 Å². The van der Waals surface area contributed by atoms with Crippen molar-refractivity contribution in [1.82, 2.24) is 9.97 Å². The molecule has 0 radical (unpaired) electrons. The van der Waals surface area contributed by atoms with Crippen LogP contribution in [-0.4, -0.2) is 9.97 Å². The highest BCUT2D eigenvalue weighted by atomic mass is 16.3. The Balaban J connectivity index is 0.0000000996. The zero-order chi connectivity index (χ0) is 53.5. The van der Waals surface area contributed by atoms with Crippen LogP contribution in [0.3, 0.4) is 0 Å². The quantitative estimate of drug-likeness (QED) is 0.151. The van der Waals surface area contributed by atoms with Crippen LogP contribution >= 0.6 is 0 Å². The number of fused-ring (bicyclic) bond motifs is 14. The molecule has 0 aliphatic carbocycles. The zero-order valence-corrected chi connectivity index (χ0v) is 44.6. The van der Waals surface area contributed by atoms with Gasteiger partial charge in [-0.15, -0.1) is 0 Å². The summed E-state index contributed by atoms with van der Waals surface area (Å²) in [5.74, 6) is 0. The normalized spacial score (nSPS) is 10.9. The molecule has 0 atom stereocenters. The second-order valence-electron chi connectivity index (χ2n) is 19.7. The van der Waals surface area contributed by atoms with Crippen LogP contribution < -0.4 is 0 Å². The number of pyridine rings is 2. The lowest BCUT2D eigenvalue weighted by Crippen LogP contribution is -1.77. The Kier molecular flexibility index (Phi) is 14.6. The van der Waals surface area contributed by atoms with Crippen LogP contribution in [0.4, 0.5) is 0 Å². The topological polar surface area (TPSA) is 78.3 Å². The predicted octanol–water partition coefficient (Wildman–Crippen LogP) is 20.7. The van der Waals surface area contributed by atoms with Crippen molar-refractivity contribution >= 4 is 110 Å². The highest BCUT2D eigenvalue weighted by Gasteiger charge is 2.09. The van der Waals surface area contributed by atoms with E-state index in [1.807, 2.05) is 122 Å². The summed E-state index contributed by atoms with van der Waals surface area (Å²) in [6.07, 6.45) is 3.64. The summed E-state index contributed by atoms with van der Waals surface area (Å²) in [6, 6.07) is 78.2. The average Bonchev–Trinajstić information content (AvgIpc) is 4.33. The van der Waals surface area contributed by atoms with E-state index >= 15 is 0 Å². The number of aryl methyl sites for hydroxylation is 6. The first-order chi connectivity index (χ1) is 38.1. The van der Waals surface area contributed by atoms with Gasteiger partial charge in [-0.3, -0.25) is 9.97 Å². The van der Waals surface area contributed by atoms with Crippen LogP contribution in [-0.2, 0) is 0 Å². The largest absolute Gasteiger partial charge is 0.456 e. The van der Waals surface area contributed by atoms with Gasteiger partial charge in [-0.2, -0.15) is 0 Å². The van der Waals surface area contributed by atoms with Gasteiger partial charge in [-0.05, 0) is 143 Å². The van der Waals surface area contributed by atoms with E-state index in [9.17, 15) is 0 Å². The summed E-state index contributed by atoms with van der Waals surface area (Å²) in [5, 5.41) is 12.1. The van der Waals surface area contributed by atoms with Crippen LogP contribution in [0, 0.1) is 41.5 Å². The maximum atomic E-state index is 5.78. The van der Waals surface area contributed by atoms with Gasteiger partial charge >= 0.3 is 0 Å². The highest BCUT2D eigenvalue weighted by molar-refractivity contribution is 6.08. The third-order valence-electron chi connectivity index (χ3n) is 13.8. The van der Waals surface area contributed by atoms with Crippen molar-refractivity contribution < 1.29 is 17.7 Å². The molecule has 6 aromatic heterocycles. The fourth-order valence-corrected chi connectivity index (χ4v) is 9.88. The van der Waals surface area contributed by atoms with Crippen LogP contribution in [0.5, 0.6) is 0 Å². The minimum absolute atomic E-state index is 0.966. The molecule has 6 nitrogen and oxygen atoms in total. The van der Waals surface area contributed by atoms with E-state index in [-0.39, 0.29) is 0 Å². The lowest BCUT2D eigenvalue weighted by Gasteiger charge is -1.95. The number of aromatic nitrogens is 2. The molecule has 10 aromatic carbocycles. The second kappa shape index (κ2) is 22.6. The lowest BCUT2D eigenvalue weighted by atomic mass is 10.1. The maximum Gasteiger partial charge on any atom is 0.138 e. The summed E-state index contributed by atoms with van der Waals surface area (Å²) in [6.45, 7) is 12.5. The number of furan rings is 4. The fraction of sp³-hybridized carbons (Fsp3) is 0.0833. The van der Waals surface area contributed by atoms with E-state index in [0.717, 1.165) is 55.7 Å². The van der Waals surface area contributed by atoms with Gasteiger partial charge in [0.2, 0.25) is 0 Å². The maximum absolute atomic E-state index is 5.78. The molecule has 78 heavy (non-hydrogen) atoms. The van der Waals surface area contributed by atoms with Crippen LogP contribution in [0.1, 0.15) is 33.4 Å². The van der Waals surface area contributed by atoms with Gasteiger partial charge in [0.15, 0.2) is 0 Å². The smallest absolute Gasteiger partial charge is 0.138 e. The molecule has 6 heterocycles. The van der Waals surface area contributed by atoms with Crippen molar-refractivity contribution in [3.8, 4) is 0 Å². The van der Waals surface area contributed by atoms with E-state index < -0.39 is 0 Å². The molecule has 0 bridgehead atoms. The Morgan fingerprint density at radius 2 is 0.718 bits per heavy atom. The van der Waals surface area contributed by atoms with E-state index in [0.29, 0.717) is 0 Å². The van der Waals surface area contributed by atoms with Crippen LogP contribution in [0.2, 0.25) is 0 Å². The molecular weight excluding hydrogens is 957 g/mol. The minimum Gasteiger partial charge on any atom is -0.456 e. The van der Waals surface area contributed by atoms with Crippen molar-refractivity contribution in [1.29, 1.82) is 0 Å². The third-order valence-corrected chi connectivity index (χ3v) is 13.8. The van der Waals surface area contributed by atoms with E-state index in [4.69, 9.17) is 17.7 Å². The summed E-state index contributed by atoms with van der Waals surface area (Å²) in [4.78, 5) is 8.46. The van der Waals surface area contributed by atoms with Gasteiger partial charge in [-0.25, -0.2) is 0 Å². The molecule has 16 rings (SSSR count). The second-order valence-corrected chi connectivity index (χ2v) is 19.7. The van der Waals surface area contributed by atoms with Crippen molar-refractivity contribution in [3.63, 3.8) is 0 Å². The molecule has 0 N–H and O–H groups in total. The molecule has 0 aliphatic heterocycles. The Morgan fingerprint density at radius 3 is 1.46 bits per heavy atom. The SMILES string of the molecule is Cc1ccc2c(c1)oc1ccccc12.Cc1ccc2cccnc2c1.Cc1ccc2ncccc2c1.Cc1ccc2oc3ccccc3c2c1.Cc1cccc2c1oc1ccccc12.Cc1cccc2oc3ccccc3c12. The molecule has 0 unspecified atom stereocenters. The van der Waals surface area contributed by atoms with Crippen LogP contribution in [0.15, 0.2) is 261 Å². The summed E-state index contributed by atoms with van der Waals surface area (Å²) in [7, 11) is 0. The molecule has 16 aromatic rings. The number of para-hydroxylation sites is 5. The Hall–Kier alpha value is -9.78. The monoisotopic (exact) mass is 1010 g/mol. The Labute approximate surface area is 452 Å². The van der Waals surface area contributed by atoms with Crippen molar-refractivity contribution in [3.05, 3.63) is 276 Å². The first-order valence-electron chi connectivity index (χ1n) is 26.3. The summed E-state index contributed by atoms with van der Waals surface area (Å²) < 4.78 is 23.0. The molecule has 0 fully saturated rings. The molecule has 0 spiro atoms. The summed E-state index contributed by atoms with van der Waals surface area (Å²) in [5.41, 5.74) is 17.5. The number of benzene rings is 10. The van der Waals surface area contributed by atoms with Crippen molar-refractivity contribution in [2.75, 3.05) is 0 Å². The molecule has 0 saturated heterocycles. The molecule has 0 saturated carbocycles. The zero-order valence-electron chi connectivity index (χ0n) is 44.6. The fourth-order valence-electron chi connectivity index (χ4n) is 9.88. The standard InChI is InChI=1S/4C13H10O.2C10H9N/c1-9-5-4-7-11-10-6-2-3-8-12(10)14-13(9)11;1-9-5-4-8-12-13(9)10-6-2-3-7-11(10)14-12;1-9-6-7-13-11(8-9)10-4-2-3-5-12(10)14-13;1-9-6-7-11-10-4-2-3-5-12(10)14-13(11)8-9;1-8-4-5-10-9(7-8)3-2-6-11-10;1-8-4-5-9-3-2-6-11-10(9)7-8/h4*2-8H,1H3;2*2-7H,1H3. The molecule has 0 amide bonds. The third kappa shape index (κ3) is 11.0. The number of hydrogen-bond acceptors (Lipinski definition) is 6. The van der Waals surface area contributed by atoms with Gasteiger partial charge in [0.25, 0.3) is 0 Å². The summed E-state index contributed by atoms with van der Waals surface area (Å²) >= 11 is 0. The average molecular weight is 1020 g/mol. The molecular formula is C72H58N2O4. The molecule has 0 aliphatic rings. The minimum atomic E-state index is 0.966. The first kappa shape index (κ1) is 50.4.